The predicted molar refractivity (Wildman–Crippen MR) is 325 cm³/mol. The molecule has 4 nitrogen and oxygen atoms in total. The molecule has 5 aromatic carbocycles. The van der Waals surface area contributed by atoms with Gasteiger partial charge in [0, 0.05) is 59.8 Å². The quantitative estimate of drug-likeness (QED) is 0.173. The Hall–Kier alpha value is -6.00. The van der Waals surface area contributed by atoms with Gasteiger partial charge in [-0.2, -0.15) is 0 Å². The molecule has 0 unspecified atom stereocenters. The standard InChI is InChI=1S/C72H83N3O/c1-40-24-23-25-41(2)52(40)60-59-57-50(35-74-64-55(57)45-31-29-43(70(18,19)20)33-48(45)72(64,38-67(9,10)11)39-68(12,13)14)75-49-34-73-63-54(56(49)58(61(59)75)53-46-26-21-22-27-51(46)76-62(53)60)44-30-28-42(69(15,16)17)32-47(44)71(63,36-65(3,4)5)37-66(6,7)8/h21-35H,36-39H2,1-20H3. The summed E-state index contributed by atoms with van der Waals surface area (Å²) in [6.45, 7) is 47.9. The highest BCUT2D eigenvalue weighted by molar-refractivity contribution is 6.41. The molecule has 0 spiro atoms. The number of pyridine rings is 2. The molecule has 0 N–H and O–H groups in total. The Morgan fingerprint density at radius 3 is 1.32 bits per heavy atom. The summed E-state index contributed by atoms with van der Waals surface area (Å²) in [6, 6.07) is 30.6. The number of hydrogen-bond acceptors (Lipinski definition) is 3. The van der Waals surface area contributed by atoms with Crippen LogP contribution in [0.4, 0.5) is 0 Å². The van der Waals surface area contributed by atoms with Crippen LogP contribution < -0.4 is 0 Å². The van der Waals surface area contributed by atoms with Crippen LogP contribution in [0, 0.1) is 35.5 Å². The third kappa shape index (κ3) is 7.41. The van der Waals surface area contributed by atoms with E-state index in [9.17, 15) is 0 Å². The normalized spacial score (nSPS) is 15.8. The molecule has 0 amide bonds. The van der Waals surface area contributed by atoms with E-state index >= 15 is 0 Å². The van der Waals surface area contributed by atoms with Crippen molar-refractivity contribution >= 4 is 60.0 Å². The number of para-hydroxylation sites is 1. The molecule has 0 saturated carbocycles. The minimum Gasteiger partial charge on any atom is -0.455 e. The average Bonchev–Trinajstić information content (AvgIpc) is 4.08. The van der Waals surface area contributed by atoms with Crippen LogP contribution in [0.3, 0.4) is 0 Å². The van der Waals surface area contributed by atoms with Crippen molar-refractivity contribution in [2.45, 2.75) is 186 Å². The fraction of sp³-hybridized carbons (Fsp3) is 0.444. The number of aryl methyl sites for hydroxylation is 2. The predicted octanol–water partition coefficient (Wildman–Crippen LogP) is 20.7. The number of fused-ring (bicyclic) bond motifs is 18. The molecule has 392 valence electrons. The lowest BCUT2D eigenvalue weighted by atomic mass is 9.62. The van der Waals surface area contributed by atoms with Gasteiger partial charge in [0.15, 0.2) is 0 Å². The molecule has 0 aliphatic heterocycles. The molecule has 5 aromatic heterocycles. The summed E-state index contributed by atoms with van der Waals surface area (Å²) in [5.41, 5.74) is 22.8. The van der Waals surface area contributed by atoms with Crippen LogP contribution in [0.2, 0.25) is 0 Å². The lowest BCUT2D eigenvalue weighted by Crippen LogP contribution is -2.36. The third-order valence-electron chi connectivity index (χ3n) is 17.4. The number of furan rings is 1. The molecule has 0 bridgehead atoms. The Kier molecular flexibility index (Phi) is 10.6. The molecule has 12 rings (SSSR count). The van der Waals surface area contributed by atoms with Gasteiger partial charge in [0.05, 0.1) is 40.3 Å². The first kappa shape index (κ1) is 50.8. The summed E-state index contributed by atoms with van der Waals surface area (Å²) in [5, 5.41) is 7.38. The van der Waals surface area contributed by atoms with Crippen molar-refractivity contribution in [2.75, 3.05) is 0 Å². The Labute approximate surface area is 453 Å². The molecule has 2 aliphatic rings. The van der Waals surface area contributed by atoms with E-state index in [1.165, 1.54) is 111 Å². The van der Waals surface area contributed by atoms with Gasteiger partial charge in [-0.3, -0.25) is 9.97 Å². The largest absolute Gasteiger partial charge is 0.455 e. The van der Waals surface area contributed by atoms with Crippen molar-refractivity contribution in [1.29, 1.82) is 0 Å². The fourth-order valence-corrected chi connectivity index (χ4v) is 15.5. The van der Waals surface area contributed by atoms with Crippen LogP contribution in [0.5, 0.6) is 0 Å². The second-order valence-corrected chi connectivity index (χ2v) is 31.0. The van der Waals surface area contributed by atoms with Crippen LogP contribution in [-0.2, 0) is 21.7 Å². The Balaban J connectivity index is 1.37. The van der Waals surface area contributed by atoms with E-state index in [0.717, 1.165) is 53.3 Å². The summed E-state index contributed by atoms with van der Waals surface area (Å²) >= 11 is 0. The highest BCUT2D eigenvalue weighted by atomic mass is 16.3. The molecule has 5 heterocycles. The summed E-state index contributed by atoms with van der Waals surface area (Å²) in [7, 11) is 0. The lowest BCUT2D eigenvalue weighted by molar-refractivity contribution is 0.210. The van der Waals surface area contributed by atoms with E-state index in [2.05, 4.69) is 234 Å². The van der Waals surface area contributed by atoms with Crippen LogP contribution in [0.25, 0.3) is 93.4 Å². The van der Waals surface area contributed by atoms with Gasteiger partial charge in [0.25, 0.3) is 0 Å². The summed E-state index contributed by atoms with van der Waals surface area (Å²) in [6.07, 6.45) is 8.47. The summed E-state index contributed by atoms with van der Waals surface area (Å²) in [5.74, 6) is 0. The van der Waals surface area contributed by atoms with Gasteiger partial charge in [-0.25, -0.2) is 0 Å². The topological polar surface area (TPSA) is 43.3 Å². The van der Waals surface area contributed by atoms with Crippen LogP contribution in [-0.4, -0.2) is 14.4 Å². The monoisotopic (exact) mass is 1010 g/mol. The van der Waals surface area contributed by atoms with Crippen molar-refractivity contribution in [3.8, 4) is 33.4 Å². The Morgan fingerprint density at radius 2 is 0.882 bits per heavy atom. The van der Waals surface area contributed by atoms with Crippen LogP contribution >= 0.6 is 0 Å². The number of hydrogen-bond donors (Lipinski definition) is 0. The first-order valence-corrected chi connectivity index (χ1v) is 28.5. The zero-order valence-corrected chi connectivity index (χ0v) is 49.7. The lowest BCUT2D eigenvalue weighted by Gasteiger charge is -2.41. The van der Waals surface area contributed by atoms with E-state index in [0.29, 0.717) is 0 Å². The van der Waals surface area contributed by atoms with Crippen LogP contribution in [0.1, 0.15) is 195 Å². The zero-order chi connectivity index (χ0) is 54.6. The molecule has 0 saturated heterocycles. The van der Waals surface area contributed by atoms with Gasteiger partial charge >= 0.3 is 0 Å². The highest BCUT2D eigenvalue weighted by Crippen LogP contribution is 2.65. The number of nitrogens with zero attached hydrogens (tertiary/aromatic N) is 3. The van der Waals surface area contributed by atoms with E-state index < -0.39 is 0 Å². The van der Waals surface area contributed by atoms with Gasteiger partial charge in [-0.1, -0.05) is 197 Å². The first-order chi connectivity index (χ1) is 35.2. The smallest absolute Gasteiger partial charge is 0.144 e. The maximum Gasteiger partial charge on any atom is 0.144 e. The third-order valence-corrected chi connectivity index (χ3v) is 17.4. The minimum atomic E-state index is -0.334. The summed E-state index contributed by atoms with van der Waals surface area (Å²) < 4.78 is 10.2. The second kappa shape index (κ2) is 15.8. The fourth-order valence-electron chi connectivity index (χ4n) is 15.5. The summed E-state index contributed by atoms with van der Waals surface area (Å²) in [4.78, 5) is 11.9. The van der Waals surface area contributed by atoms with E-state index in [1.54, 1.807) is 0 Å². The highest BCUT2D eigenvalue weighted by Gasteiger charge is 2.52. The molecular weight excluding hydrogens is 923 g/mol. The number of aromatic nitrogens is 3. The average molecular weight is 1010 g/mol. The molecule has 76 heavy (non-hydrogen) atoms. The van der Waals surface area contributed by atoms with Crippen molar-refractivity contribution in [3.63, 3.8) is 0 Å². The molecule has 0 fully saturated rings. The SMILES string of the molecule is Cc1cccc(C)c1-c1c2oc3ccccc3c2c2c3c4c(ncc3n3c5cnc6c(c5c1c23)-c1ccc(C(C)(C)C)cc1C6(CC(C)(C)C)CC(C)(C)C)C(CC(C)(C)C)(CC(C)(C)C)c1cc(C(C)(C)C)ccc1-4. The van der Waals surface area contributed by atoms with E-state index in [-0.39, 0.29) is 43.3 Å². The maximum absolute atomic E-state index is 7.54. The molecule has 4 heteroatoms. The Bertz CT molecular complexity index is 4020. The molecular formula is C72H83N3O. The molecule has 2 aliphatic carbocycles. The van der Waals surface area contributed by atoms with Gasteiger partial charge < -0.3 is 8.82 Å². The van der Waals surface area contributed by atoms with E-state index in [1.807, 2.05) is 0 Å². The van der Waals surface area contributed by atoms with Gasteiger partial charge in [0.2, 0.25) is 0 Å². The molecule has 0 atom stereocenters. The number of benzene rings is 5. The minimum absolute atomic E-state index is 0.0130. The molecule has 10 aromatic rings. The Morgan fingerprint density at radius 1 is 0.447 bits per heavy atom. The van der Waals surface area contributed by atoms with Gasteiger partial charge in [-0.15, -0.1) is 0 Å². The van der Waals surface area contributed by atoms with Gasteiger partial charge in [-0.05, 0) is 128 Å². The van der Waals surface area contributed by atoms with Crippen molar-refractivity contribution in [3.05, 3.63) is 136 Å². The van der Waals surface area contributed by atoms with Crippen molar-refractivity contribution < 1.29 is 4.42 Å². The van der Waals surface area contributed by atoms with E-state index in [4.69, 9.17) is 14.4 Å². The van der Waals surface area contributed by atoms with Crippen molar-refractivity contribution in [1.82, 2.24) is 14.4 Å². The second-order valence-electron chi connectivity index (χ2n) is 31.0. The first-order valence-electron chi connectivity index (χ1n) is 28.5. The van der Waals surface area contributed by atoms with Gasteiger partial charge in [0.1, 0.15) is 11.2 Å². The van der Waals surface area contributed by atoms with Crippen LogP contribution in [0.15, 0.2) is 95.7 Å². The zero-order valence-electron chi connectivity index (χ0n) is 49.7. The van der Waals surface area contributed by atoms with Crippen molar-refractivity contribution in [2.24, 2.45) is 21.7 Å². The maximum atomic E-state index is 7.54. The molecule has 0 radical (unpaired) electrons. The number of rotatable bonds is 5.